The molecule has 23 heavy (non-hydrogen) atoms. The van der Waals surface area contributed by atoms with Crippen LogP contribution in [0, 0.1) is 0 Å². The van der Waals surface area contributed by atoms with Gasteiger partial charge in [0.05, 0.1) is 0 Å². The number of para-hydroxylation sites is 1. The molecule has 124 valence electrons. The lowest BCUT2D eigenvalue weighted by Gasteiger charge is -2.26. The van der Waals surface area contributed by atoms with E-state index >= 15 is 0 Å². The first kappa shape index (κ1) is 17.0. The highest BCUT2D eigenvalue weighted by molar-refractivity contribution is 5.95. The van der Waals surface area contributed by atoms with Crippen LogP contribution in [0.5, 0.6) is 0 Å². The molecule has 0 fully saturated rings. The zero-order chi connectivity index (χ0) is 16.7. The van der Waals surface area contributed by atoms with E-state index in [4.69, 9.17) is 0 Å². The summed E-state index contributed by atoms with van der Waals surface area (Å²) in [6, 6.07) is 8.71. The Morgan fingerprint density at radius 3 is 2.61 bits per heavy atom. The number of carbonyl (C=O) groups is 2. The number of urea groups is 1. The molecular weight excluding hydrogens is 292 g/mol. The predicted octanol–water partition coefficient (Wildman–Crippen LogP) is 1.62. The smallest absolute Gasteiger partial charge is 0.320 e. The summed E-state index contributed by atoms with van der Waals surface area (Å²) in [6.45, 7) is 5.66. The largest absolute Gasteiger partial charge is 0.350 e. The summed E-state index contributed by atoms with van der Waals surface area (Å²) < 4.78 is 0. The minimum atomic E-state index is -0.994. The number of carbonyl (C=O) groups excluding carboxylic acids is 2. The Morgan fingerprint density at radius 1 is 1.22 bits per heavy atom. The molecule has 6 heteroatoms. The van der Waals surface area contributed by atoms with E-state index in [0.717, 1.165) is 19.5 Å². The summed E-state index contributed by atoms with van der Waals surface area (Å²) >= 11 is 0. The molecule has 6 nitrogen and oxygen atoms in total. The van der Waals surface area contributed by atoms with E-state index in [0.29, 0.717) is 12.2 Å². The fourth-order valence-electron chi connectivity index (χ4n) is 2.27. The van der Waals surface area contributed by atoms with Gasteiger partial charge in [0.1, 0.15) is 5.54 Å². The van der Waals surface area contributed by atoms with E-state index in [9.17, 15) is 9.59 Å². The van der Waals surface area contributed by atoms with Gasteiger partial charge in [0, 0.05) is 18.8 Å². The van der Waals surface area contributed by atoms with Gasteiger partial charge in [-0.25, -0.2) is 4.79 Å². The van der Waals surface area contributed by atoms with E-state index in [1.165, 1.54) is 5.57 Å². The average molecular weight is 316 g/mol. The van der Waals surface area contributed by atoms with Crippen molar-refractivity contribution in [3.63, 3.8) is 0 Å². The fourth-order valence-corrected chi connectivity index (χ4v) is 2.27. The van der Waals surface area contributed by atoms with Gasteiger partial charge in [-0.15, -0.1) is 0 Å². The molecule has 1 aliphatic heterocycles. The average Bonchev–Trinajstić information content (AvgIpc) is 2.54. The minimum absolute atomic E-state index is 0.208. The zero-order valence-electron chi connectivity index (χ0n) is 13.6. The maximum absolute atomic E-state index is 12.3. The third-order valence-corrected chi connectivity index (χ3v) is 3.66. The molecule has 0 atom stereocenters. The van der Waals surface area contributed by atoms with Crippen molar-refractivity contribution in [3.05, 3.63) is 42.0 Å². The van der Waals surface area contributed by atoms with Gasteiger partial charge in [-0.2, -0.15) is 0 Å². The van der Waals surface area contributed by atoms with E-state index in [1.807, 2.05) is 18.2 Å². The first-order valence-electron chi connectivity index (χ1n) is 7.78. The molecule has 1 aliphatic rings. The third kappa shape index (κ3) is 5.41. The normalized spacial score (nSPS) is 14.6. The quantitative estimate of drug-likeness (QED) is 0.623. The molecule has 0 spiro atoms. The highest BCUT2D eigenvalue weighted by Crippen LogP contribution is 2.08. The second-order valence-corrected chi connectivity index (χ2v) is 6.07. The first-order valence-corrected chi connectivity index (χ1v) is 7.78. The van der Waals surface area contributed by atoms with Crippen LogP contribution in [0.25, 0.3) is 0 Å². The first-order chi connectivity index (χ1) is 11.0. The molecule has 1 aromatic rings. The van der Waals surface area contributed by atoms with Gasteiger partial charge in [-0.05, 0) is 38.9 Å². The van der Waals surface area contributed by atoms with Crippen LogP contribution >= 0.6 is 0 Å². The lowest BCUT2D eigenvalue weighted by atomic mass is 10.0. The summed E-state index contributed by atoms with van der Waals surface area (Å²) in [4.78, 5) is 24.3. The van der Waals surface area contributed by atoms with Crippen LogP contribution < -0.4 is 21.3 Å². The van der Waals surface area contributed by atoms with Crippen LogP contribution in [0.15, 0.2) is 42.0 Å². The molecule has 0 aliphatic carbocycles. The number of rotatable bonds is 5. The zero-order valence-corrected chi connectivity index (χ0v) is 13.6. The SMILES string of the molecule is CC(C)(NC(=O)Nc1ccccc1)C(=O)NCC1=CCNCC1. The van der Waals surface area contributed by atoms with Gasteiger partial charge in [0.2, 0.25) is 5.91 Å². The van der Waals surface area contributed by atoms with Crippen LogP contribution in [0.3, 0.4) is 0 Å². The lowest BCUT2D eigenvalue weighted by Crippen LogP contribution is -2.56. The van der Waals surface area contributed by atoms with Crippen LogP contribution in [-0.2, 0) is 4.79 Å². The number of anilines is 1. The number of hydrogen-bond donors (Lipinski definition) is 4. The fraction of sp³-hybridized carbons (Fsp3) is 0.412. The lowest BCUT2D eigenvalue weighted by molar-refractivity contribution is -0.125. The molecular formula is C17H24N4O2. The van der Waals surface area contributed by atoms with Gasteiger partial charge < -0.3 is 21.3 Å². The molecule has 4 N–H and O–H groups in total. The molecule has 0 unspecified atom stereocenters. The Labute approximate surface area is 136 Å². The van der Waals surface area contributed by atoms with Crippen molar-refractivity contribution in [2.45, 2.75) is 25.8 Å². The second kappa shape index (κ2) is 7.78. The molecule has 0 saturated heterocycles. The summed E-state index contributed by atoms with van der Waals surface area (Å²) in [7, 11) is 0. The number of hydrogen-bond acceptors (Lipinski definition) is 3. The number of nitrogens with one attached hydrogen (secondary N) is 4. The topological polar surface area (TPSA) is 82.3 Å². The highest BCUT2D eigenvalue weighted by atomic mass is 16.2. The molecule has 0 aromatic heterocycles. The summed E-state index contributed by atoms with van der Waals surface area (Å²) in [5.74, 6) is -0.208. The second-order valence-electron chi connectivity index (χ2n) is 6.07. The Bertz CT molecular complexity index is 582. The Kier molecular flexibility index (Phi) is 5.76. The number of amides is 3. The Balaban J connectivity index is 1.83. The summed E-state index contributed by atoms with van der Waals surface area (Å²) in [5.41, 5.74) is 0.898. The summed E-state index contributed by atoms with van der Waals surface area (Å²) in [6.07, 6.45) is 3.02. The van der Waals surface area contributed by atoms with Crippen molar-refractivity contribution in [1.82, 2.24) is 16.0 Å². The van der Waals surface area contributed by atoms with Gasteiger partial charge in [0.15, 0.2) is 0 Å². The van der Waals surface area contributed by atoms with E-state index in [2.05, 4.69) is 27.3 Å². The minimum Gasteiger partial charge on any atom is -0.350 e. The predicted molar refractivity (Wildman–Crippen MR) is 91.3 cm³/mol. The standard InChI is InChI=1S/C17H24N4O2/c1-17(2,15(22)19-12-13-8-10-18-11-9-13)21-16(23)20-14-6-4-3-5-7-14/h3-8,18H,9-12H2,1-2H3,(H,19,22)(H2,20,21,23). The molecule has 1 heterocycles. The third-order valence-electron chi connectivity index (χ3n) is 3.66. The van der Waals surface area contributed by atoms with Gasteiger partial charge in [-0.1, -0.05) is 29.8 Å². The maximum atomic E-state index is 12.3. The van der Waals surface area contributed by atoms with Crippen LogP contribution in [0.4, 0.5) is 10.5 Å². The molecule has 2 rings (SSSR count). The van der Waals surface area contributed by atoms with Crippen molar-refractivity contribution in [1.29, 1.82) is 0 Å². The Hall–Kier alpha value is -2.34. The van der Waals surface area contributed by atoms with Crippen molar-refractivity contribution in [2.24, 2.45) is 0 Å². The summed E-state index contributed by atoms with van der Waals surface area (Å²) in [5, 5.41) is 11.5. The van der Waals surface area contributed by atoms with Gasteiger partial charge >= 0.3 is 6.03 Å². The number of benzene rings is 1. The van der Waals surface area contributed by atoms with E-state index in [1.54, 1.807) is 26.0 Å². The van der Waals surface area contributed by atoms with Crippen molar-refractivity contribution in [3.8, 4) is 0 Å². The van der Waals surface area contributed by atoms with E-state index in [-0.39, 0.29) is 5.91 Å². The van der Waals surface area contributed by atoms with Gasteiger partial charge in [-0.3, -0.25) is 4.79 Å². The van der Waals surface area contributed by atoms with Crippen LogP contribution in [0.2, 0.25) is 0 Å². The van der Waals surface area contributed by atoms with Crippen LogP contribution in [0.1, 0.15) is 20.3 Å². The van der Waals surface area contributed by atoms with Crippen molar-refractivity contribution >= 4 is 17.6 Å². The molecule has 3 amide bonds. The molecule has 0 radical (unpaired) electrons. The molecule has 0 bridgehead atoms. The van der Waals surface area contributed by atoms with Gasteiger partial charge in [0.25, 0.3) is 0 Å². The maximum Gasteiger partial charge on any atom is 0.320 e. The highest BCUT2D eigenvalue weighted by Gasteiger charge is 2.29. The van der Waals surface area contributed by atoms with Crippen molar-refractivity contribution in [2.75, 3.05) is 25.0 Å². The van der Waals surface area contributed by atoms with E-state index < -0.39 is 11.6 Å². The van der Waals surface area contributed by atoms with Crippen molar-refractivity contribution < 1.29 is 9.59 Å². The van der Waals surface area contributed by atoms with Crippen LogP contribution in [-0.4, -0.2) is 37.1 Å². The molecule has 0 saturated carbocycles. The Morgan fingerprint density at radius 2 is 1.96 bits per heavy atom. The molecule has 1 aromatic carbocycles. The monoisotopic (exact) mass is 316 g/mol.